The van der Waals surface area contributed by atoms with E-state index in [1.54, 1.807) is 38.1 Å². The zero-order valence-corrected chi connectivity index (χ0v) is 21.0. The average molecular weight is 549 g/mol. The molecule has 0 saturated carbocycles. The number of aliphatic carboxylic acids is 2. The first-order chi connectivity index (χ1) is 18.2. The van der Waals surface area contributed by atoms with Crippen molar-refractivity contribution < 1.29 is 58.4 Å². The molecule has 1 heterocycles. The molecule has 2 rings (SSSR count). The number of hydrogen-bond donors (Lipinski definition) is 6. The number of nitrogens with zero attached hydrogens (tertiary/aromatic N) is 1. The third-order valence-electron chi connectivity index (χ3n) is 5.54. The highest BCUT2D eigenvalue weighted by Gasteiger charge is 2.43. The Labute approximate surface area is 222 Å². The number of fused-ring (bicyclic) bond motifs is 1. The first-order valence-electron chi connectivity index (χ1n) is 11.6. The number of aldehydes is 1. The van der Waals surface area contributed by atoms with Crippen LogP contribution in [0.15, 0.2) is 29.3 Å². The van der Waals surface area contributed by atoms with E-state index in [0.29, 0.717) is 17.5 Å². The van der Waals surface area contributed by atoms with Gasteiger partial charge in [0.2, 0.25) is 5.91 Å². The molecule has 1 amide bonds. The maximum atomic E-state index is 12.6. The average Bonchev–Trinajstić information content (AvgIpc) is 3.20. The lowest BCUT2D eigenvalue weighted by Crippen LogP contribution is -2.52. The molecule has 6 N–H and O–H groups in total. The molecule has 0 radical (unpaired) electrons. The van der Waals surface area contributed by atoms with Gasteiger partial charge in [-0.1, -0.05) is 32.0 Å². The summed E-state index contributed by atoms with van der Waals surface area (Å²) in [5.41, 5.74) is -3.30. The van der Waals surface area contributed by atoms with Crippen molar-refractivity contribution >= 4 is 55.3 Å². The number of hydrogen-bond acceptors (Lipinski definition) is 12. The van der Waals surface area contributed by atoms with E-state index >= 15 is 0 Å². The molecule has 2 unspecified atom stereocenters. The molecule has 1 aromatic rings. The number of carboxylic acid groups (broad SMARTS) is 2. The lowest BCUT2D eigenvalue weighted by molar-refractivity contribution is -0.170. The molecule has 0 spiro atoms. The summed E-state index contributed by atoms with van der Waals surface area (Å²) in [4.78, 5) is 75.1. The van der Waals surface area contributed by atoms with Crippen molar-refractivity contribution in [2.45, 2.75) is 50.3 Å². The van der Waals surface area contributed by atoms with Gasteiger partial charge in [0.15, 0.2) is 5.60 Å². The highest BCUT2D eigenvalue weighted by Crippen LogP contribution is 2.33. The van der Waals surface area contributed by atoms with Crippen LogP contribution in [-0.2, 0) is 43.6 Å². The van der Waals surface area contributed by atoms with Gasteiger partial charge in [-0.2, -0.15) is 0 Å². The summed E-state index contributed by atoms with van der Waals surface area (Å²) < 4.78 is 8.99. The smallest absolute Gasteiger partial charge is 0.481 e. The van der Waals surface area contributed by atoms with E-state index in [1.807, 2.05) is 0 Å². The number of amides is 1. The fourth-order valence-electron chi connectivity index (χ4n) is 3.67. The van der Waals surface area contributed by atoms with Crippen molar-refractivity contribution in [3.05, 3.63) is 29.8 Å². The topological polar surface area (TPSA) is 238 Å². The number of carboxylic acids is 2. The summed E-state index contributed by atoms with van der Waals surface area (Å²) in [6.45, 7) is 3.03. The normalized spacial score (nSPS) is 17.9. The Morgan fingerprint density at radius 2 is 1.79 bits per heavy atom. The Hall–Kier alpha value is -4.15. The van der Waals surface area contributed by atoms with Crippen molar-refractivity contribution in [3.8, 4) is 0 Å². The molecular weight excluding hydrogens is 521 g/mol. The van der Waals surface area contributed by atoms with Crippen LogP contribution in [0.5, 0.6) is 0 Å². The minimum absolute atomic E-state index is 0.0335. The third-order valence-corrected chi connectivity index (χ3v) is 5.54. The van der Waals surface area contributed by atoms with Gasteiger partial charge < -0.3 is 39.8 Å². The summed E-state index contributed by atoms with van der Waals surface area (Å²) in [6.07, 6.45) is -0.739. The van der Waals surface area contributed by atoms with E-state index in [4.69, 9.17) is 10.2 Å². The quantitative estimate of drug-likeness (QED) is 0.110. The molecule has 0 aliphatic carbocycles. The zero-order valence-electron chi connectivity index (χ0n) is 21.0. The van der Waals surface area contributed by atoms with Crippen LogP contribution in [0.1, 0.15) is 38.7 Å². The predicted molar refractivity (Wildman–Crippen MR) is 131 cm³/mol. The van der Waals surface area contributed by atoms with Crippen molar-refractivity contribution in [1.82, 2.24) is 10.6 Å². The first-order valence-corrected chi connectivity index (χ1v) is 11.6. The van der Waals surface area contributed by atoms with Crippen LogP contribution in [0.25, 0.3) is 0 Å². The van der Waals surface area contributed by atoms with E-state index in [1.165, 1.54) is 6.21 Å². The monoisotopic (exact) mass is 549 g/mol. The number of carbonyl (C=O) groups excluding carboxylic acids is 4. The summed E-state index contributed by atoms with van der Waals surface area (Å²) in [6, 6.07) is 5.48. The van der Waals surface area contributed by atoms with Crippen molar-refractivity contribution in [2.24, 2.45) is 10.9 Å². The predicted octanol–water partition coefficient (Wildman–Crippen LogP) is -1.34. The maximum Gasteiger partial charge on any atom is 0.789 e. The summed E-state index contributed by atoms with van der Waals surface area (Å²) >= 11 is 0. The van der Waals surface area contributed by atoms with E-state index in [2.05, 4.69) is 24.9 Å². The number of para-hydroxylation sites is 1. The second-order valence-corrected chi connectivity index (χ2v) is 9.18. The Balaban J connectivity index is 1.98. The number of carbonyl (C=O) groups is 6. The van der Waals surface area contributed by atoms with Crippen LogP contribution in [0.2, 0.25) is 0 Å². The van der Waals surface area contributed by atoms with Gasteiger partial charge in [0.1, 0.15) is 17.9 Å². The molecule has 3 atom stereocenters. The molecule has 16 heteroatoms. The van der Waals surface area contributed by atoms with Crippen molar-refractivity contribution in [3.63, 3.8) is 0 Å². The highest BCUT2D eigenvalue weighted by molar-refractivity contribution is 6.40. The molecule has 1 aliphatic heterocycles. The van der Waals surface area contributed by atoms with Gasteiger partial charge >= 0.3 is 25.2 Å². The number of rotatable bonds is 15. The minimum Gasteiger partial charge on any atom is -0.481 e. The van der Waals surface area contributed by atoms with E-state index in [0.717, 1.165) is 0 Å². The number of nitrogens with one attached hydrogen (secondary N) is 2. The second kappa shape index (κ2) is 13.1. The standard InChI is InChI=1S/C23H28BN3O12/c1-13(2)7-16(20(33)39-24(37)38-19(32)9-23(36,21(34)35)8-18(30)31)27-17(29)10-26-22(12-28)11-25-15-6-4-3-5-14(15)22/h3-6,11-13,16,26,36-37H,7-10H2,1-2H3,(H,27,29)(H,30,31)(H,34,35)/t16-,22?,23?/m1/s1. The van der Waals surface area contributed by atoms with Gasteiger partial charge in [0, 0.05) is 11.8 Å². The minimum atomic E-state index is -3.03. The van der Waals surface area contributed by atoms with Crippen LogP contribution < -0.4 is 10.6 Å². The third kappa shape index (κ3) is 8.43. The van der Waals surface area contributed by atoms with Gasteiger partial charge in [-0.25, -0.2) is 4.79 Å². The molecule has 0 bridgehead atoms. The van der Waals surface area contributed by atoms with Gasteiger partial charge in [-0.3, -0.25) is 29.5 Å². The van der Waals surface area contributed by atoms with Crippen molar-refractivity contribution in [1.29, 1.82) is 0 Å². The SMILES string of the molecule is CC(C)C[C@@H](NC(=O)CNC1(C=O)C=Nc2ccccc21)C(=O)OB(O)OC(=O)CC(O)(CC(=O)O)C(=O)O. The van der Waals surface area contributed by atoms with Crippen LogP contribution in [0, 0.1) is 5.92 Å². The summed E-state index contributed by atoms with van der Waals surface area (Å²) in [5.74, 6) is -7.41. The molecule has 15 nitrogen and oxygen atoms in total. The van der Waals surface area contributed by atoms with Crippen molar-refractivity contribution in [2.75, 3.05) is 6.54 Å². The molecule has 0 saturated heterocycles. The Morgan fingerprint density at radius 3 is 2.38 bits per heavy atom. The molecular formula is C23H28BN3O12. The number of aliphatic imine (C=N–C) groups is 1. The zero-order chi connectivity index (χ0) is 29.4. The Morgan fingerprint density at radius 1 is 1.13 bits per heavy atom. The Bertz CT molecular complexity index is 1160. The number of benzene rings is 1. The van der Waals surface area contributed by atoms with Crippen LogP contribution in [-0.4, -0.2) is 88.1 Å². The van der Waals surface area contributed by atoms with E-state index in [-0.39, 0.29) is 12.3 Å². The molecule has 1 aliphatic rings. The molecule has 39 heavy (non-hydrogen) atoms. The fourth-order valence-corrected chi connectivity index (χ4v) is 3.67. The summed E-state index contributed by atoms with van der Waals surface area (Å²) in [5, 5.41) is 42.6. The fraction of sp³-hybridized carbons (Fsp3) is 0.435. The van der Waals surface area contributed by atoms with Crippen LogP contribution in [0.4, 0.5) is 5.69 Å². The van der Waals surface area contributed by atoms with Gasteiger partial charge in [0.05, 0.1) is 25.1 Å². The van der Waals surface area contributed by atoms with Crippen LogP contribution in [0.3, 0.4) is 0 Å². The van der Waals surface area contributed by atoms with Gasteiger partial charge in [-0.05, 0) is 18.4 Å². The van der Waals surface area contributed by atoms with E-state index in [9.17, 15) is 38.9 Å². The summed E-state index contributed by atoms with van der Waals surface area (Å²) in [7, 11) is -2.55. The van der Waals surface area contributed by atoms with E-state index < -0.39 is 73.7 Å². The van der Waals surface area contributed by atoms with Crippen LogP contribution >= 0.6 is 0 Å². The largest absolute Gasteiger partial charge is 0.789 e. The lowest BCUT2D eigenvalue weighted by atomic mass is 9.93. The van der Waals surface area contributed by atoms with Gasteiger partial charge in [0.25, 0.3) is 5.97 Å². The highest BCUT2D eigenvalue weighted by atomic mass is 16.7. The second-order valence-electron chi connectivity index (χ2n) is 9.18. The molecule has 0 aromatic heterocycles. The Kier molecular flexibility index (Phi) is 10.4. The molecule has 1 aromatic carbocycles. The maximum absolute atomic E-state index is 12.6. The molecule has 0 fully saturated rings. The lowest BCUT2D eigenvalue weighted by Gasteiger charge is -2.24. The van der Waals surface area contributed by atoms with Gasteiger partial charge in [-0.15, -0.1) is 0 Å². The molecule has 210 valence electrons. The number of aliphatic hydroxyl groups is 1. The first kappa shape index (κ1) is 31.1.